The van der Waals surface area contributed by atoms with E-state index >= 15 is 0 Å². The highest BCUT2D eigenvalue weighted by molar-refractivity contribution is 6.51. The summed E-state index contributed by atoms with van der Waals surface area (Å²) in [4.78, 5) is 39.7. The number of carbonyl (C=O) groups excluding carboxylic acids is 3. The van der Waals surface area contributed by atoms with Gasteiger partial charge in [-0.3, -0.25) is 19.3 Å². The molecule has 0 aromatic heterocycles. The van der Waals surface area contributed by atoms with E-state index in [1.165, 1.54) is 11.8 Å². The third-order valence-corrected chi connectivity index (χ3v) is 6.57. The fraction of sp³-hybridized carbons (Fsp3) is 0.129. The van der Waals surface area contributed by atoms with Crippen LogP contribution >= 0.6 is 0 Å². The molecule has 184 valence electrons. The normalized spacial score (nSPS) is 16.8. The van der Waals surface area contributed by atoms with Crippen LogP contribution in [-0.4, -0.2) is 22.8 Å². The Labute approximate surface area is 214 Å². The summed E-state index contributed by atoms with van der Waals surface area (Å²) in [7, 11) is 0. The van der Waals surface area contributed by atoms with Crippen LogP contribution in [0.3, 0.4) is 0 Å². The van der Waals surface area contributed by atoms with Crippen LogP contribution in [-0.2, 0) is 20.8 Å². The van der Waals surface area contributed by atoms with Crippen molar-refractivity contribution in [3.8, 4) is 5.75 Å². The lowest BCUT2D eigenvalue weighted by Crippen LogP contribution is -2.29. The number of benzene rings is 4. The Hall–Kier alpha value is -4.71. The monoisotopic (exact) mass is 491 g/mol. The second kappa shape index (κ2) is 9.74. The average Bonchev–Trinajstić information content (AvgIpc) is 3.18. The fourth-order valence-corrected chi connectivity index (χ4v) is 4.77. The lowest BCUT2D eigenvalue weighted by Gasteiger charge is -2.26. The second-order valence-corrected chi connectivity index (χ2v) is 8.88. The van der Waals surface area contributed by atoms with Gasteiger partial charge in [0.15, 0.2) is 0 Å². The molecule has 1 heterocycles. The van der Waals surface area contributed by atoms with Gasteiger partial charge in [0.25, 0.3) is 11.7 Å². The minimum absolute atomic E-state index is 0.00107. The minimum Gasteiger partial charge on any atom is -0.507 e. The number of rotatable bonds is 5. The number of anilines is 1. The smallest absolute Gasteiger partial charge is 0.308 e. The molecular formula is C31H25NO5. The Morgan fingerprint density at radius 2 is 1.57 bits per heavy atom. The number of hydrogen-bond donors (Lipinski definition) is 1. The van der Waals surface area contributed by atoms with E-state index in [2.05, 4.69) is 0 Å². The van der Waals surface area contributed by atoms with E-state index in [9.17, 15) is 19.5 Å². The van der Waals surface area contributed by atoms with E-state index in [0.29, 0.717) is 22.6 Å². The van der Waals surface area contributed by atoms with E-state index in [-0.39, 0.29) is 11.3 Å². The van der Waals surface area contributed by atoms with Gasteiger partial charge >= 0.3 is 5.97 Å². The van der Waals surface area contributed by atoms with Gasteiger partial charge in [0.2, 0.25) is 0 Å². The van der Waals surface area contributed by atoms with Gasteiger partial charge in [0.05, 0.1) is 11.6 Å². The summed E-state index contributed by atoms with van der Waals surface area (Å²) in [6, 6.07) is 26.2. The highest BCUT2D eigenvalue weighted by atomic mass is 16.5. The van der Waals surface area contributed by atoms with Crippen molar-refractivity contribution in [1.29, 1.82) is 0 Å². The zero-order valence-corrected chi connectivity index (χ0v) is 20.5. The third-order valence-electron chi connectivity index (χ3n) is 6.57. The Balaban J connectivity index is 1.71. The Morgan fingerprint density at radius 3 is 2.24 bits per heavy atom. The zero-order valence-electron chi connectivity index (χ0n) is 20.5. The number of Topliss-reactive ketones (excluding diaryl/α,β-unsaturated/α-hetero) is 1. The standard InChI is InChI=1S/C31H25NO5/c1-3-20-11-15-23(16-12-20)32-28(22-13-17-24(18-14-22)37-19(2)33)27(30(35)31(32)36)29(34)26-10-6-8-21-7-4-5-9-25(21)26/h4-18,28,34H,3H2,1-2H3/b29-27-. The predicted molar refractivity (Wildman–Crippen MR) is 142 cm³/mol. The number of carbonyl (C=O) groups is 3. The largest absolute Gasteiger partial charge is 0.507 e. The number of aliphatic hydroxyl groups excluding tert-OH is 1. The fourth-order valence-electron chi connectivity index (χ4n) is 4.77. The molecule has 4 aromatic carbocycles. The number of esters is 1. The van der Waals surface area contributed by atoms with Gasteiger partial charge in [-0.2, -0.15) is 0 Å². The maximum Gasteiger partial charge on any atom is 0.308 e. The maximum absolute atomic E-state index is 13.5. The Kier molecular flexibility index (Phi) is 6.32. The van der Waals surface area contributed by atoms with Crippen LogP contribution in [0.15, 0.2) is 96.6 Å². The number of fused-ring (bicyclic) bond motifs is 1. The van der Waals surface area contributed by atoms with E-state index in [1.807, 2.05) is 61.5 Å². The molecular weight excluding hydrogens is 466 g/mol. The van der Waals surface area contributed by atoms with Crippen molar-refractivity contribution in [2.24, 2.45) is 0 Å². The number of aryl methyl sites for hydroxylation is 1. The second-order valence-electron chi connectivity index (χ2n) is 8.88. The van der Waals surface area contributed by atoms with Crippen LogP contribution in [0.25, 0.3) is 16.5 Å². The van der Waals surface area contributed by atoms with Crippen molar-refractivity contribution in [2.45, 2.75) is 26.3 Å². The first kappa shape index (κ1) is 24.0. The van der Waals surface area contributed by atoms with Gasteiger partial charge in [-0.05, 0) is 52.6 Å². The summed E-state index contributed by atoms with van der Waals surface area (Å²) in [6.07, 6.45) is 0.835. The van der Waals surface area contributed by atoms with E-state index in [1.54, 1.807) is 36.4 Å². The summed E-state index contributed by atoms with van der Waals surface area (Å²) in [5.41, 5.74) is 2.71. The van der Waals surface area contributed by atoms with Crippen LogP contribution < -0.4 is 9.64 Å². The van der Waals surface area contributed by atoms with Crippen LogP contribution in [0.2, 0.25) is 0 Å². The molecule has 6 heteroatoms. The molecule has 37 heavy (non-hydrogen) atoms. The molecule has 1 atom stereocenters. The molecule has 6 nitrogen and oxygen atoms in total. The third kappa shape index (κ3) is 4.38. The minimum atomic E-state index is -0.877. The quantitative estimate of drug-likeness (QED) is 0.123. The maximum atomic E-state index is 13.5. The summed E-state index contributed by atoms with van der Waals surface area (Å²) >= 11 is 0. The molecule has 5 rings (SSSR count). The first-order valence-corrected chi connectivity index (χ1v) is 12.1. The molecule has 1 fully saturated rings. The number of aliphatic hydroxyl groups is 1. The molecule has 0 spiro atoms. The molecule has 0 saturated carbocycles. The highest BCUT2D eigenvalue weighted by Crippen LogP contribution is 2.43. The average molecular weight is 492 g/mol. The highest BCUT2D eigenvalue weighted by Gasteiger charge is 2.47. The van der Waals surface area contributed by atoms with Crippen molar-refractivity contribution in [1.82, 2.24) is 0 Å². The molecule has 1 amide bonds. The molecule has 1 aliphatic heterocycles. The van der Waals surface area contributed by atoms with Crippen molar-refractivity contribution in [3.05, 3.63) is 113 Å². The van der Waals surface area contributed by atoms with Crippen LogP contribution in [0.4, 0.5) is 5.69 Å². The number of nitrogens with zero attached hydrogens (tertiary/aromatic N) is 1. The van der Waals surface area contributed by atoms with Gasteiger partial charge in [-0.1, -0.05) is 73.7 Å². The molecule has 1 aliphatic rings. The van der Waals surface area contributed by atoms with Crippen molar-refractivity contribution in [2.75, 3.05) is 4.90 Å². The van der Waals surface area contributed by atoms with Gasteiger partial charge < -0.3 is 9.84 Å². The van der Waals surface area contributed by atoms with Crippen molar-refractivity contribution < 1.29 is 24.2 Å². The predicted octanol–water partition coefficient (Wildman–Crippen LogP) is 5.95. The van der Waals surface area contributed by atoms with E-state index in [4.69, 9.17) is 4.74 Å². The number of ketones is 1. The summed E-state index contributed by atoms with van der Waals surface area (Å²) in [5.74, 6) is -1.84. The van der Waals surface area contributed by atoms with Crippen molar-refractivity contribution in [3.63, 3.8) is 0 Å². The lowest BCUT2D eigenvalue weighted by molar-refractivity contribution is -0.132. The van der Waals surface area contributed by atoms with E-state index in [0.717, 1.165) is 22.8 Å². The first-order valence-electron chi connectivity index (χ1n) is 12.1. The molecule has 0 aliphatic carbocycles. The molecule has 1 N–H and O–H groups in total. The topological polar surface area (TPSA) is 83.9 Å². The Morgan fingerprint density at radius 1 is 0.892 bits per heavy atom. The van der Waals surface area contributed by atoms with Crippen LogP contribution in [0, 0.1) is 0 Å². The number of hydrogen-bond acceptors (Lipinski definition) is 5. The van der Waals surface area contributed by atoms with Crippen LogP contribution in [0.5, 0.6) is 5.75 Å². The van der Waals surface area contributed by atoms with Crippen molar-refractivity contribution >= 4 is 39.9 Å². The van der Waals surface area contributed by atoms with Crippen LogP contribution in [0.1, 0.15) is 36.6 Å². The summed E-state index contributed by atoms with van der Waals surface area (Å²) < 4.78 is 5.16. The molecule has 4 aromatic rings. The van der Waals surface area contributed by atoms with E-state index < -0.39 is 23.7 Å². The number of ether oxygens (including phenoxy) is 1. The first-order chi connectivity index (χ1) is 17.9. The van der Waals surface area contributed by atoms with Gasteiger partial charge in [-0.15, -0.1) is 0 Å². The Bertz CT molecular complexity index is 1550. The van der Waals surface area contributed by atoms with Gasteiger partial charge in [0, 0.05) is 18.2 Å². The zero-order chi connectivity index (χ0) is 26.1. The summed E-state index contributed by atoms with van der Waals surface area (Å²) in [6.45, 7) is 3.35. The molecule has 0 radical (unpaired) electrons. The SMILES string of the molecule is CCc1ccc(N2C(=O)C(=O)/C(=C(\O)c3cccc4ccccc34)C2c2ccc(OC(C)=O)cc2)cc1. The molecule has 1 saturated heterocycles. The lowest BCUT2D eigenvalue weighted by atomic mass is 9.93. The molecule has 0 bridgehead atoms. The molecule has 1 unspecified atom stereocenters. The summed E-state index contributed by atoms with van der Waals surface area (Å²) in [5, 5.41) is 13.2. The van der Waals surface area contributed by atoms with Gasteiger partial charge in [-0.25, -0.2) is 0 Å². The van der Waals surface area contributed by atoms with Gasteiger partial charge in [0.1, 0.15) is 11.5 Å². The number of amides is 1.